The monoisotopic (exact) mass is 299 g/mol. The number of aryl methyl sites for hydroxylation is 1. The molecule has 1 aliphatic rings. The summed E-state index contributed by atoms with van der Waals surface area (Å²) < 4.78 is 1.67. The molecule has 0 bridgehead atoms. The van der Waals surface area contributed by atoms with Crippen LogP contribution in [-0.4, -0.2) is 39.8 Å². The standard InChI is InChI=1S/C16H21N5O/c1-20-11-9-15(19-20)18-16(22)21-10-5-8-14(12-21)17-13-6-3-2-4-7-13/h2-4,6-7,9,11,14,17H,5,8,10,12H2,1H3,(H,18,19,22). The summed E-state index contributed by atoms with van der Waals surface area (Å²) >= 11 is 0. The largest absolute Gasteiger partial charge is 0.381 e. The second kappa shape index (κ2) is 6.51. The highest BCUT2D eigenvalue weighted by Crippen LogP contribution is 2.16. The highest BCUT2D eigenvalue weighted by Gasteiger charge is 2.23. The van der Waals surface area contributed by atoms with E-state index < -0.39 is 0 Å². The summed E-state index contributed by atoms with van der Waals surface area (Å²) in [7, 11) is 1.83. The van der Waals surface area contributed by atoms with Crippen LogP contribution >= 0.6 is 0 Å². The van der Waals surface area contributed by atoms with Gasteiger partial charge in [0.2, 0.25) is 0 Å². The Labute approximate surface area is 130 Å². The van der Waals surface area contributed by atoms with Crippen molar-refractivity contribution in [1.82, 2.24) is 14.7 Å². The third-order valence-corrected chi connectivity index (χ3v) is 3.80. The summed E-state index contributed by atoms with van der Waals surface area (Å²) in [5.74, 6) is 0.589. The molecule has 1 aliphatic heterocycles. The van der Waals surface area contributed by atoms with Crippen molar-refractivity contribution < 1.29 is 4.79 Å². The first-order valence-corrected chi connectivity index (χ1v) is 7.58. The van der Waals surface area contributed by atoms with Crippen LogP contribution in [0.2, 0.25) is 0 Å². The van der Waals surface area contributed by atoms with Crippen molar-refractivity contribution in [2.75, 3.05) is 23.7 Å². The fourth-order valence-electron chi connectivity index (χ4n) is 2.72. The van der Waals surface area contributed by atoms with E-state index in [1.54, 1.807) is 10.7 Å². The van der Waals surface area contributed by atoms with E-state index in [1.165, 1.54) is 0 Å². The Morgan fingerprint density at radius 3 is 2.82 bits per heavy atom. The Hall–Kier alpha value is -2.50. The van der Waals surface area contributed by atoms with Gasteiger partial charge < -0.3 is 10.2 Å². The fraction of sp³-hybridized carbons (Fsp3) is 0.375. The quantitative estimate of drug-likeness (QED) is 0.915. The lowest BCUT2D eigenvalue weighted by Crippen LogP contribution is -2.46. The molecule has 116 valence electrons. The highest BCUT2D eigenvalue weighted by atomic mass is 16.2. The van der Waals surface area contributed by atoms with E-state index in [0.29, 0.717) is 12.4 Å². The molecule has 0 saturated carbocycles. The second-order valence-corrected chi connectivity index (χ2v) is 5.60. The van der Waals surface area contributed by atoms with E-state index >= 15 is 0 Å². The van der Waals surface area contributed by atoms with Crippen molar-refractivity contribution in [1.29, 1.82) is 0 Å². The van der Waals surface area contributed by atoms with E-state index in [4.69, 9.17) is 0 Å². The number of nitrogens with zero attached hydrogens (tertiary/aromatic N) is 3. The molecular weight excluding hydrogens is 278 g/mol. The number of rotatable bonds is 3. The molecule has 1 aromatic carbocycles. The van der Waals surface area contributed by atoms with Crippen LogP contribution in [0.3, 0.4) is 0 Å². The lowest BCUT2D eigenvalue weighted by molar-refractivity contribution is 0.196. The summed E-state index contributed by atoms with van der Waals surface area (Å²) in [4.78, 5) is 14.2. The summed E-state index contributed by atoms with van der Waals surface area (Å²) in [6.45, 7) is 1.49. The van der Waals surface area contributed by atoms with Gasteiger partial charge in [-0.25, -0.2) is 4.79 Å². The fourth-order valence-corrected chi connectivity index (χ4v) is 2.72. The van der Waals surface area contributed by atoms with E-state index in [-0.39, 0.29) is 12.1 Å². The molecule has 1 atom stereocenters. The molecular formula is C16H21N5O. The summed E-state index contributed by atoms with van der Waals surface area (Å²) in [5, 5.41) is 10.5. The minimum absolute atomic E-state index is 0.0849. The Morgan fingerprint density at radius 1 is 1.27 bits per heavy atom. The van der Waals surface area contributed by atoms with Crippen LogP contribution < -0.4 is 10.6 Å². The molecule has 1 unspecified atom stereocenters. The van der Waals surface area contributed by atoms with Gasteiger partial charge in [0, 0.05) is 44.1 Å². The molecule has 0 spiro atoms. The molecule has 1 saturated heterocycles. The SMILES string of the molecule is Cn1ccc(NC(=O)N2CCCC(Nc3ccccc3)C2)n1. The molecule has 1 aromatic heterocycles. The molecule has 0 aliphatic carbocycles. The maximum Gasteiger partial charge on any atom is 0.323 e. The van der Waals surface area contributed by atoms with Gasteiger partial charge in [0.05, 0.1) is 0 Å². The smallest absolute Gasteiger partial charge is 0.323 e. The van der Waals surface area contributed by atoms with Crippen LogP contribution in [0.15, 0.2) is 42.6 Å². The zero-order valence-electron chi connectivity index (χ0n) is 12.7. The molecule has 2 N–H and O–H groups in total. The average Bonchev–Trinajstić information content (AvgIpc) is 2.93. The van der Waals surface area contributed by atoms with Gasteiger partial charge in [-0.3, -0.25) is 10.00 Å². The normalized spacial score (nSPS) is 18.0. The highest BCUT2D eigenvalue weighted by molar-refractivity contribution is 5.88. The lowest BCUT2D eigenvalue weighted by atomic mass is 10.1. The predicted octanol–water partition coefficient (Wildman–Crippen LogP) is 2.53. The number of likely N-dealkylation sites (tertiary alicyclic amines) is 1. The number of carbonyl (C=O) groups excluding carboxylic acids is 1. The maximum absolute atomic E-state index is 12.3. The number of urea groups is 1. The Balaban J connectivity index is 1.57. The molecule has 22 heavy (non-hydrogen) atoms. The molecule has 6 heteroatoms. The zero-order valence-corrected chi connectivity index (χ0v) is 12.7. The number of para-hydroxylation sites is 1. The van der Waals surface area contributed by atoms with Gasteiger partial charge in [-0.2, -0.15) is 5.10 Å². The molecule has 2 heterocycles. The maximum atomic E-state index is 12.3. The minimum Gasteiger partial charge on any atom is -0.381 e. The zero-order chi connectivity index (χ0) is 15.4. The first kappa shape index (κ1) is 14.4. The molecule has 0 radical (unpaired) electrons. The third kappa shape index (κ3) is 3.58. The lowest BCUT2D eigenvalue weighted by Gasteiger charge is -2.33. The van der Waals surface area contributed by atoms with Crippen molar-refractivity contribution in [3.05, 3.63) is 42.6 Å². The van der Waals surface area contributed by atoms with Crippen LogP contribution in [0.4, 0.5) is 16.3 Å². The average molecular weight is 299 g/mol. The number of hydrogen-bond donors (Lipinski definition) is 2. The summed E-state index contributed by atoms with van der Waals surface area (Å²) in [6.07, 6.45) is 3.88. The molecule has 2 amide bonds. The van der Waals surface area contributed by atoms with E-state index in [2.05, 4.69) is 15.7 Å². The van der Waals surface area contributed by atoms with Crippen molar-refractivity contribution >= 4 is 17.5 Å². The number of aromatic nitrogens is 2. The number of anilines is 2. The van der Waals surface area contributed by atoms with Crippen LogP contribution in [0.1, 0.15) is 12.8 Å². The van der Waals surface area contributed by atoms with Crippen molar-refractivity contribution in [3.8, 4) is 0 Å². The molecule has 6 nitrogen and oxygen atoms in total. The van der Waals surface area contributed by atoms with Gasteiger partial charge >= 0.3 is 6.03 Å². The second-order valence-electron chi connectivity index (χ2n) is 5.60. The van der Waals surface area contributed by atoms with Crippen LogP contribution in [-0.2, 0) is 7.05 Å². The van der Waals surface area contributed by atoms with Gasteiger partial charge in [-0.05, 0) is 25.0 Å². The number of benzene rings is 1. The van der Waals surface area contributed by atoms with Crippen molar-refractivity contribution in [3.63, 3.8) is 0 Å². The molecule has 3 rings (SSSR count). The first-order valence-electron chi connectivity index (χ1n) is 7.58. The number of nitrogens with one attached hydrogen (secondary N) is 2. The van der Waals surface area contributed by atoms with Gasteiger partial charge in [-0.15, -0.1) is 0 Å². The summed E-state index contributed by atoms with van der Waals surface area (Å²) in [6, 6.07) is 12.1. The Bertz CT molecular complexity index is 624. The number of hydrogen-bond acceptors (Lipinski definition) is 3. The van der Waals surface area contributed by atoms with Crippen LogP contribution in [0.5, 0.6) is 0 Å². The van der Waals surface area contributed by atoms with Crippen LogP contribution in [0, 0.1) is 0 Å². The van der Waals surface area contributed by atoms with Gasteiger partial charge in [0.1, 0.15) is 0 Å². The Kier molecular flexibility index (Phi) is 4.27. The predicted molar refractivity (Wildman–Crippen MR) is 86.9 cm³/mol. The van der Waals surface area contributed by atoms with Gasteiger partial charge in [0.25, 0.3) is 0 Å². The minimum atomic E-state index is -0.0849. The Morgan fingerprint density at radius 2 is 2.09 bits per heavy atom. The number of piperidine rings is 1. The van der Waals surface area contributed by atoms with Gasteiger partial charge in [0.15, 0.2) is 5.82 Å². The number of amides is 2. The number of carbonyl (C=O) groups is 1. The van der Waals surface area contributed by atoms with E-state index in [1.807, 2.05) is 48.5 Å². The summed E-state index contributed by atoms with van der Waals surface area (Å²) in [5.41, 5.74) is 1.10. The first-order chi connectivity index (χ1) is 10.7. The third-order valence-electron chi connectivity index (χ3n) is 3.80. The van der Waals surface area contributed by atoms with Gasteiger partial charge in [-0.1, -0.05) is 18.2 Å². The topological polar surface area (TPSA) is 62.2 Å². The van der Waals surface area contributed by atoms with Crippen molar-refractivity contribution in [2.45, 2.75) is 18.9 Å². The van der Waals surface area contributed by atoms with Crippen LogP contribution in [0.25, 0.3) is 0 Å². The molecule has 1 fully saturated rings. The molecule has 2 aromatic rings. The van der Waals surface area contributed by atoms with E-state index in [0.717, 1.165) is 25.1 Å². The van der Waals surface area contributed by atoms with E-state index in [9.17, 15) is 4.79 Å². The van der Waals surface area contributed by atoms with Crippen molar-refractivity contribution in [2.24, 2.45) is 7.05 Å².